The summed E-state index contributed by atoms with van der Waals surface area (Å²) in [7, 11) is 0. The molecule has 4 N–H and O–H groups in total. The van der Waals surface area contributed by atoms with Crippen molar-refractivity contribution in [3.05, 3.63) is 57.1 Å². The SMILES string of the molecule is CCCC(=O)NNC(=O)C1=CC(Cc2ccc(Cl)cc2)C(=O)C2=C1SCN2NC(=O)O. The fraction of sp³-hybridized carbons (Fsp3) is 0.300. The summed E-state index contributed by atoms with van der Waals surface area (Å²) >= 11 is 7.10. The summed E-state index contributed by atoms with van der Waals surface area (Å²) < 4.78 is 0. The lowest BCUT2D eigenvalue weighted by Gasteiger charge is -2.26. The summed E-state index contributed by atoms with van der Waals surface area (Å²) in [6.07, 6.45) is 1.44. The number of halogens is 1. The van der Waals surface area contributed by atoms with Gasteiger partial charge in [-0.25, -0.2) is 10.2 Å². The molecule has 31 heavy (non-hydrogen) atoms. The minimum atomic E-state index is -1.32. The van der Waals surface area contributed by atoms with Crippen molar-refractivity contribution in [1.29, 1.82) is 0 Å². The molecule has 11 heteroatoms. The topological polar surface area (TPSA) is 128 Å². The lowest BCUT2D eigenvalue weighted by Crippen LogP contribution is -2.45. The number of Topliss-reactive ketones (excluding diaryl/α,β-unsaturated/α-hetero) is 1. The molecule has 3 rings (SSSR count). The predicted octanol–water partition coefficient (Wildman–Crippen LogP) is 2.36. The molecule has 1 atom stereocenters. The van der Waals surface area contributed by atoms with Crippen LogP contribution in [-0.4, -0.2) is 39.7 Å². The summed E-state index contributed by atoms with van der Waals surface area (Å²) in [4.78, 5) is 49.2. The van der Waals surface area contributed by atoms with Crippen LogP contribution in [0.25, 0.3) is 0 Å². The maximum Gasteiger partial charge on any atom is 0.423 e. The third kappa shape index (κ3) is 5.39. The lowest BCUT2D eigenvalue weighted by molar-refractivity contribution is -0.127. The van der Waals surface area contributed by atoms with E-state index < -0.39 is 17.9 Å². The molecule has 0 aromatic heterocycles. The van der Waals surface area contributed by atoms with E-state index in [1.165, 1.54) is 16.8 Å². The molecule has 9 nitrogen and oxygen atoms in total. The molecule has 1 aliphatic heterocycles. The molecule has 3 amide bonds. The van der Waals surface area contributed by atoms with Crippen LogP contribution in [0.1, 0.15) is 25.3 Å². The number of hydrogen-bond donors (Lipinski definition) is 4. The zero-order chi connectivity index (χ0) is 22.5. The Bertz CT molecular complexity index is 976. The molecule has 0 radical (unpaired) electrons. The molecule has 0 fully saturated rings. The summed E-state index contributed by atoms with van der Waals surface area (Å²) in [5, 5.41) is 10.9. The molecule has 1 unspecified atom stereocenters. The van der Waals surface area contributed by atoms with Crippen LogP contribution in [0, 0.1) is 5.92 Å². The van der Waals surface area contributed by atoms with Crippen LogP contribution in [0.15, 0.2) is 46.5 Å². The number of ketones is 1. The normalized spacial score (nSPS) is 17.7. The van der Waals surface area contributed by atoms with Gasteiger partial charge in [0.15, 0.2) is 5.78 Å². The van der Waals surface area contributed by atoms with Crippen LogP contribution in [0.4, 0.5) is 4.79 Å². The standard InChI is InChI=1S/C20H21ClN4O5S/c1-2-3-15(26)22-23-19(28)14-9-12(8-11-4-6-13(21)7-5-11)17(27)16-18(14)31-10-25(16)24-20(29)30/h4-7,9,12,24H,2-3,8,10H2,1H3,(H,22,26)(H,23,28)(H,29,30). The van der Waals surface area contributed by atoms with E-state index in [0.29, 0.717) is 22.8 Å². The van der Waals surface area contributed by atoms with Gasteiger partial charge in [0.25, 0.3) is 5.91 Å². The second-order valence-corrected chi connectivity index (χ2v) is 8.32. The Kier molecular flexibility index (Phi) is 7.24. The number of benzene rings is 1. The van der Waals surface area contributed by atoms with Crippen LogP contribution in [0.5, 0.6) is 0 Å². The van der Waals surface area contributed by atoms with Crippen molar-refractivity contribution in [3.8, 4) is 0 Å². The molecule has 1 aromatic rings. The van der Waals surface area contributed by atoms with Crippen LogP contribution >= 0.6 is 23.4 Å². The van der Waals surface area contributed by atoms with Crippen molar-refractivity contribution in [1.82, 2.24) is 21.3 Å². The molecule has 0 saturated heterocycles. The predicted molar refractivity (Wildman–Crippen MR) is 115 cm³/mol. The van der Waals surface area contributed by atoms with Gasteiger partial charge in [0.05, 0.1) is 16.4 Å². The first-order valence-electron chi connectivity index (χ1n) is 9.54. The summed E-state index contributed by atoms with van der Waals surface area (Å²) in [6, 6.07) is 6.99. The van der Waals surface area contributed by atoms with Crippen molar-refractivity contribution in [2.75, 3.05) is 5.88 Å². The monoisotopic (exact) mass is 464 g/mol. The largest absolute Gasteiger partial charge is 0.464 e. The number of thioether (sulfide) groups is 1. The Labute approximate surface area is 187 Å². The number of hydrazine groups is 2. The van der Waals surface area contributed by atoms with Crippen molar-refractivity contribution in [2.45, 2.75) is 26.2 Å². The summed E-state index contributed by atoms with van der Waals surface area (Å²) in [5.41, 5.74) is 8.09. The third-order valence-corrected chi connectivity index (χ3v) is 5.98. The van der Waals surface area contributed by atoms with Crippen molar-refractivity contribution < 1.29 is 24.3 Å². The van der Waals surface area contributed by atoms with E-state index in [9.17, 15) is 19.2 Å². The molecule has 1 aromatic carbocycles. The first kappa shape index (κ1) is 22.7. The van der Waals surface area contributed by atoms with E-state index >= 15 is 0 Å². The number of amides is 3. The van der Waals surface area contributed by atoms with Gasteiger partial charge in [-0.3, -0.25) is 30.2 Å². The van der Waals surface area contributed by atoms with Gasteiger partial charge in [0.1, 0.15) is 5.70 Å². The zero-order valence-corrected chi connectivity index (χ0v) is 18.2. The van der Waals surface area contributed by atoms with Gasteiger partial charge in [-0.05, 0) is 30.5 Å². The smallest absolute Gasteiger partial charge is 0.423 e. The Balaban J connectivity index is 1.89. The average Bonchev–Trinajstić information content (AvgIpc) is 3.13. The van der Waals surface area contributed by atoms with Gasteiger partial charge in [-0.1, -0.05) is 48.5 Å². The van der Waals surface area contributed by atoms with Gasteiger partial charge in [0.2, 0.25) is 5.91 Å². The molecule has 164 valence electrons. The summed E-state index contributed by atoms with van der Waals surface area (Å²) in [5.74, 6) is -1.75. The number of rotatable bonds is 6. The number of carbonyl (C=O) groups is 4. The highest BCUT2D eigenvalue weighted by molar-refractivity contribution is 8.03. The third-order valence-electron chi connectivity index (χ3n) is 4.64. The van der Waals surface area contributed by atoms with E-state index in [4.69, 9.17) is 16.7 Å². The lowest BCUT2D eigenvalue weighted by atomic mass is 9.87. The Morgan fingerprint density at radius 1 is 1.23 bits per heavy atom. The first-order chi connectivity index (χ1) is 14.8. The molecule has 1 aliphatic carbocycles. The molecular formula is C20H21ClN4O5S. The second-order valence-electron chi connectivity index (χ2n) is 6.93. The van der Waals surface area contributed by atoms with E-state index in [1.54, 1.807) is 30.3 Å². The molecule has 0 spiro atoms. The molecule has 0 saturated carbocycles. The van der Waals surface area contributed by atoms with Gasteiger partial charge in [0, 0.05) is 17.4 Å². The van der Waals surface area contributed by atoms with Crippen LogP contribution < -0.4 is 16.3 Å². The van der Waals surface area contributed by atoms with E-state index in [0.717, 1.165) is 5.56 Å². The molecule has 2 aliphatic rings. The van der Waals surface area contributed by atoms with Crippen LogP contribution in [-0.2, 0) is 20.8 Å². The number of allylic oxidation sites excluding steroid dienone is 2. The van der Waals surface area contributed by atoms with Gasteiger partial charge >= 0.3 is 6.09 Å². The Hall–Kier alpha value is -2.98. The molecular weight excluding hydrogens is 444 g/mol. The average molecular weight is 465 g/mol. The van der Waals surface area contributed by atoms with Gasteiger partial charge < -0.3 is 5.11 Å². The fourth-order valence-corrected chi connectivity index (χ4v) is 4.50. The fourth-order valence-electron chi connectivity index (χ4n) is 3.25. The van der Waals surface area contributed by atoms with Gasteiger partial charge in [-0.2, -0.15) is 0 Å². The maximum atomic E-state index is 13.2. The van der Waals surface area contributed by atoms with Crippen LogP contribution in [0.2, 0.25) is 5.02 Å². The zero-order valence-electron chi connectivity index (χ0n) is 16.6. The number of carbonyl (C=O) groups excluding carboxylic acids is 3. The van der Waals surface area contributed by atoms with Gasteiger partial charge in [-0.15, -0.1) is 0 Å². The van der Waals surface area contributed by atoms with Crippen molar-refractivity contribution >= 4 is 47.1 Å². The number of carboxylic acid groups (broad SMARTS) is 1. The Morgan fingerprint density at radius 2 is 1.94 bits per heavy atom. The Morgan fingerprint density at radius 3 is 2.58 bits per heavy atom. The molecule has 1 heterocycles. The highest BCUT2D eigenvalue weighted by Crippen LogP contribution is 2.41. The van der Waals surface area contributed by atoms with E-state index in [-0.39, 0.29) is 35.3 Å². The minimum absolute atomic E-state index is 0.124. The van der Waals surface area contributed by atoms with Crippen molar-refractivity contribution in [3.63, 3.8) is 0 Å². The number of hydrogen-bond acceptors (Lipinski definition) is 6. The minimum Gasteiger partial charge on any atom is -0.464 e. The number of nitrogens with one attached hydrogen (secondary N) is 3. The number of nitrogens with zero attached hydrogens (tertiary/aromatic N) is 1. The summed E-state index contributed by atoms with van der Waals surface area (Å²) in [6.45, 7) is 1.84. The highest BCUT2D eigenvalue weighted by Gasteiger charge is 2.40. The first-order valence-corrected chi connectivity index (χ1v) is 10.9. The van der Waals surface area contributed by atoms with Crippen LogP contribution in [0.3, 0.4) is 0 Å². The molecule has 0 bridgehead atoms. The van der Waals surface area contributed by atoms with Crippen molar-refractivity contribution in [2.24, 2.45) is 5.92 Å². The second kappa shape index (κ2) is 9.88. The van der Waals surface area contributed by atoms with E-state index in [1.807, 2.05) is 6.92 Å². The highest BCUT2D eigenvalue weighted by atomic mass is 35.5. The van der Waals surface area contributed by atoms with E-state index in [2.05, 4.69) is 16.3 Å². The quantitative estimate of drug-likeness (QED) is 0.476. The maximum absolute atomic E-state index is 13.2.